The van der Waals surface area contributed by atoms with Gasteiger partial charge in [0, 0.05) is 30.8 Å². The molecule has 0 bridgehead atoms. The molecule has 1 heterocycles. The number of hydrogen-bond donors (Lipinski definition) is 0. The van der Waals surface area contributed by atoms with Crippen molar-refractivity contribution in [1.29, 1.82) is 0 Å². The maximum atomic E-state index is 13.4. The van der Waals surface area contributed by atoms with E-state index in [2.05, 4.69) is 0 Å². The molecule has 0 spiro atoms. The van der Waals surface area contributed by atoms with E-state index in [0.717, 1.165) is 17.5 Å². The van der Waals surface area contributed by atoms with Crippen LogP contribution in [0.3, 0.4) is 0 Å². The summed E-state index contributed by atoms with van der Waals surface area (Å²) in [5.74, 6) is -0.164. The Morgan fingerprint density at radius 2 is 2.43 bits per heavy atom. The van der Waals surface area contributed by atoms with E-state index in [1.165, 1.54) is 6.07 Å². The predicted octanol–water partition coefficient (Wildman–Crippen LogP) is 1.78. The van der Waals surface area contributed by atoms with Crippen LogP contribution >= 0.6 is 0 Å². The van der Waals surface area contributed by atoms with Crippen molar-refractivity contribution < 1.29 is 9.18 Å². The number of nitrogens with zero attached hydrogens (tertiary/aromatic N) is 1. The van der Waals surface area contributed by atoms with Crippen molar-refractivity contribution in [2.45, 2.75) is 18.9 Å². The topological polar surface area (TPSA) is 20.3 Å². The summed E-state index contributed by atoms with van der Waals surface area (Å²) < 4.78 is 13.4. The summed E-state index contributed by atoms with van der Waals surface area (Å²) in [4.78, 5) is 12.4. The number of likely N-dealkylation sites (N-methyl/N-ethyl adjacent to an activating group) is 1. The van der Waals surface area contributed by atoms with Crippen LogP contribution in [0.25, 0.3) is 0 Å². The van der Waals surface area contributed by atoms with Crippen molar-refractivity contribution in [2.75, 3.05) is 11.9 Å². The number of aldehydes is 1. The van der Waals surface area contributed by atoms with Gasteiger partial charge in [-0.2, -0.15) is 0 Å². The van der Waals surface area contributed by atoms with Crippen molar-refractivity contribution in [3.05, 3.63) is 29.6 Å². The number of halogens is 1. The molecule has 2 nitrogen and oxygen atoms in total. The number of carbonyl (C=O) groups is 1. The summed E-state index contributed by atoms with van der Waals surface area (Å²) in [5, 5.41) is 0. The minimum Gasteiger partial charge on any atom is -0.371 e. The molecule has 0 aliphatic carbocycles. The predicted molar refractivity (Wildman–Crippen MR) is 53.0 cm³/mol. The third-order valence-electron chi connectivity index (χ3n) is 2.83. The van der Waals surface area contributed by atoms with E-state index in [-0.39, 0.29) is 11.9 Å². The van der Waals surface area contributed by atoms with Crippen LogP contribution in [-0.4, -0.2) is 19.4 Å². The lowest BCUT2D eigenvalue weighted by Gasteiger charge is -2.20. The number of carbonyl (C=O) groups excluding carboxylic acids is 1. The maximum Gasteiger partial charge on any atom is 0.128 e. The summed E-state index contributed by atoms with van der Waals surface area (Å²) >= 11 is 0. The highest BCUT2D eigenvalue weighted by Gasteiger charge is 2.27. The number of rotatable bonds is 2. The van der Waals surface area contributed by atoms with Gasteiger partial charge < -0.3 is 9.69 Å². The normalized spacial score (nSPS) is 19.6. The van der Waals surface area contributed by atoms with Crippen LogP contribution in [-0.2, 0) is 11.2 Å². The highest BCUT2D eigenvalue weighted by molar-refractivity contribution is 5.62. The van der Waals surface area contributed by atoms with Gasteiger partial charge in [-0.25, -0.2) is 4.39 Å². The third-order valence-corrected chi connectivity index (χ3v) is 2.83. The van der Waals surface area contributed by atoms with Crippen LogP contribution in [0.4, 0.5) is 10.1 Å². The summed E-state index contributed by atoms with van der Waals surface area (Å²) in [6.07, 6.45) is 1.99. The molecule has 0 aromatic heterocycles. The van der Waals surface area contributed by atoms with Crippen molar-refractivity contribution in [3.8, 4) is 0 Å². The van der Waals surface area contributed by atoms with Crippen LogP contribution in [0, 0.1) is 5.82 Å². The van der Waals surface area contributed by atoms with E-state index in [9.17, 15) is 9.18 Å². The Morgan fingerprint density at radius 1 is 1.64 bits per heavy atom. The first-order valence-electron chi connectivity index (χ1n) is 4.68. The zero-order valence-electron chi connectivity index (χ0n) is 8.03. The molecule has 0 amide bonds. The minimum atomic E-state index is -0.164. The van der Waals surface area contributed by atoms with Crippen molar-refractivity contribution in [1.82, 2.24) is 0 Å². The van der Waals surface area contributed by atoms with Gasteiger partial charge in [-0.3, -0.25) is 0 Å². The van der Waals surface area contributed by atoms with E-state index in [0.29, 0.717) is 12.8 Å². The summed E-state index contributed by atoms with van der Waals surface area (Å²) in [6.45, 7) is 0. The van der Waals surface area contributed by atoms with Gasteiger partial charge in [0.05, 0.1) is 0 Å². The molecule has 14 heavy (non-hydrogen) atoms. The van der Waals surface area contributed by atoms with E-state index in [1.54, 1.807) is 6.07 Å². The lowest BCUT2D eigenvalue weighted by molar-refractivity contribution is -0.108. The first kappa shape index (κ1) is 9.19. The molecular formula is C11H12FNO. The highest BCUT2D eigenvalue weighted by Crippen LogP contribution is 2.33. The van der Waals surface area contributed by atoms with Gasteiger partial charge in [-0.15, -0.1) is 0 Å². The van der Waals surface area contributed by atoms with E-state index < -0.39 is 0 Å². The lowest BCUT2D eigenvalue weighted by atomic mass is 10.1. The number of fused-ring (bicyclic) bond motifs is 1. The van der Waals surface area contributed by atoms with Crippen molar-refractivity contribution in [2.24, 2.45) is 0 Å². The molecular weight excluding hydrogens is 181 g/mol. The molecule has 1 aromatic carbocycles. The van der Waals surface area contributed by atoms with Crippen LogP contribution in [0.2, 0.25) is 0 Å². The molecule has 0 radical (unpaired) electrons. The van der Waals surface area contributed by atoms with E-state index in [1.807, 2.05) is 18.0 Å². The Bertz CT molecular complexity index is 364. The van der Waals surface area contributed by atoms with Gasteiger partial charge in [-0.1, -0.05) is 6.07 Å². The average molecular weight is 193 g/mol. The van der Waals surface area contributed by atoms with Crippen LogP contribution in [0.1, 0.15) is 12.0 Å². The lowest BCUT2D eigenvalue weighted by Crippen LogP contribution is -2.27. The fraction of sp³-hybridized carbons (Fsp3) is 0.364. The van der Waals surface area contributed by atoms with Crippen molar-refractivity contribution in [3.63, 3.8) is 0 Å². The van der Waals surface area contributed by atoms with E-state index in [4.69, 9.17) is 0 Å². The molecule has 3 heteroatoms. The molecule has 74 valence electrons. The third kappa shape index (κ3) is 1.29. The second-order valence-electron chi connectivity index (χ2n) is 3.61. The van der Waals surface area contributed by atoms with Crippen molar-refractivity contribution >= 4 is 12.0 Å². The average Bonchev–Trinajstić information content (AvgIpc) is 2.48. The van der Waals surface area contributed by atoms with Gasteiger partial charge in [0.25, 0.3) is 0 Å². The molecule has 1 aromatic rings. The SMILES string of the molecule is CN1c2cccc(F)c2CC1CC=O. The number of hydrogen-bond acceptors (Lipinski definition) is 2. The maximum absolute atomic E-state index is 13.4. The van der Waals surface area contributed by atoms with Gasteiger partial charge in [0.2, 0.25) is 0 Å². The zero-order valence-corrected chi connectivity index (χ0v) is 8.03. The fourth-order valence-corrected chi connectivity index (χ4v) is 2.00. The van der Waals surface area contributed by atoms with Gasteiger partial charge in [0.15, 0.2) is 0 Å². The smallest absolute Gasteiger partial charge is 0.128 e. The van der Waals surface area contributed by atoms with Gasteiger partial charge in [0.1, 0.15) is 12.1 Å². The molecule has 1 atom stereocenters. The van der Waals surface area contributed by atoms with Crippen LogP contribution < -0.4 is 4.90 Å². The minimum absolute atomic E-state index is 0.124. The Labute approximate surface area is 82.3 Å². The monoisotopic (exact) mass is 193 g/mol. The van der Waals surface area contributed by atoms with Gasteiger partial charge >= 0.3 is 0 Å². The second-order valence-corrected chi connectivity index (χ2v) is 3.61. The van der Waals surface area contributed by atoms with E-state index >= 15 is 0 Å². The summed E-state index contributed by atoms with van der Waals surface area (Å²) in [6, 6.07) is 5.19. The zero-order chi connectivity index (χ0) is 10.1. The molecule has 1 aliphatic heterocycles. The first-order chi connectivity index (χ1) is 6.74. The van der Waals surface area contributed by atoms with Gasteiger partial charge in [-0.05, 0) is 18.6 Å². The standard InChI is InChI=1S/C11H12FNO/c1-13-8(5-6-14)7-9-10(12)3-2-4-11(9)13/h2-4,6,8H,5,7H2,1H3. The number of anilines is 1. The molecule has 1 unspecified atom stereocenters. The molecule has 1 aliphatic rings. The molecule has 0 fully saturated rings. The largest absolute Gasteiger partial charge is 0.371 e. The van der Waals surface area contributed by atoms with Crippen LogP contribution in [0.15, 0.2) is 18.2 Å². The Morgan fingerprint density at radius 3 is 3.07 bits per heavy atom. The summed E-state index contributed by atoms with van der Waals surface area (Å²) in [7, 11) is 1.90. The molecule has 2 rings (SSSR count). The second kappa shape index (κ2) is 3.40. The Balaban J connectivity index is 2.35. The first-order valence-corrected chi connectivity index (χ1v) is 4.68. The molecule has 0 N–H and O–H groups in total. The molecule has 0 saturated heterocycles. The highest BCUT2D eigenvalue weighted by atomic mass is 19.1. The Hall–Kier alpha value is -1.38. The number of benzene rings is 1. The Kier molecular flexibility index (Phi) is 2.23. The quantitative estimate of drug-likeness (QED) is 0.667. The van der Waals surface area contributed by atoms with Crippen LogP contribution in [0.5, 0.6) is 0 Å². The molecule has 0 saturated carbocycles. The fourth-order valence-electron chi connectivity index (χ4n) is 2.00. The summed E-state index contributed by atoms with van der Waals surface area (Å²) in [5.41, 5.74) is 1.65.